The van der Waals surface area contributed by atoms with Crippen LogP contribution in [0.15, 0.2) is 24.3 Å². The van der Waals surface area contributed by atoms with E-state index in [1.54, 1.807) is 38.2 Å². The number of hydrogen-bond acceptors (Lipinski definition) is 5. The summed E-state index contributed by atoms with van der Waals surface area (Å²) in [6.07, 6.45) is 0. The molecule has 1 aromatic rings. The molecule has 0 saturated heterocycles. The number of carbonyl (C=O) groups is 2. The highest BCUT2D eigenvalue weighted by Crippen LogP contribution is 2.19. The zero-order valence-corrected chi connectivity index (χ0v) is 12.0. The van der Waals surface area contributed by atoms with Crippen molar-refractivity contribution in [2.75, 3.05) is 33.0 Å². The number of methoxy groups -OCH3 is 1. The molecule has 1 rings (SSSR count). The van der Waals surface area contributed by atoms with E-state index in [9.17, 15) is 9.59 Å². The van der Waals surface area contributed by atoms with Gasteiger partial charge in [0.15, 0.2) is 6.61 Å². The summed E-state index contributed by atoms with van der Waals surface area (Å²) in [5, 5.41) is 0. The van der Waals surface area contributed by atoms with Crippen LogP contribution in [0.4, 0.5) is 5.69 Å². The highest BCUT2D eigenvalue weighted by atomic mass is 16.5. The molecule has 1 atom stereocenters. The van der Waals surface area contributed by atoms with E-state index in [4.69, 9.17) is 10.5 Å². The first-order valence-corrected chi connectivity index (χ1v) is 6.24. The second-order valence-electron chi connectivity index (χ2n) is 4.52. The standard InChI is InChI=1S/C14H20N2O4/c1-10(14(18)19-3)8-16(2)13(17)9-20-12-7-5-4-6-11(12)15/h4-7,10H,8-9,15H2,1-3H3. The van der Waals surface area contributed by atoms with Gasteiger partial charge in [-0.05, 0) is 12.1 Å². The fourth-order valence-corrected chi connectivity index (χ4v) is 1.65. The quantitative estimate of drug-likeness (QED) is 0.619. The Morgan fingerprint density at radius 1 is 1.35 bits per heavy atom. The molecule has 0 aromatic heterocycles. The summed E-state index contributed by atoms with van der Waals surface area (Å²) in [5.74, 6) is -0.493. The van der Waals surface area contributed by atoms with Crippen LogP contribution in [0.1, 0.15) is 6.92 Å². The first-order valence-electron chi connectivity index (χ1n) is 6.24. The summed E-state index contributed by atoms with van der Waals surface area (Å²) in [6.45, 7) is 1.85. The van der Waals surface area contributed by atoms with Crippen LogP contribution in [0.25, 0.3) is 0 Å². The number of likely N-dealkylation sites (N-methyl/N-ethyl adjacent to an activating group) is 1. The SMILES string of the molecule is COC(=O)C(C)CN(C)C(=O)COc1ccccc1N. The molecule has 0 aliphatic heterocycles. The molecular formula is C14H20N2O4. The van der Waals surface area contributed by atoms with Crippen molar-refractivity contribution in [2.24, 2.45) is 5.92 Å². The number of hydrogen-bond donors (Lipinski definition) is 1. The van der Waals surface area contributed by atoms with E-state index in [2.05, 4.69) is 4.74 Å². The van der Waals surface area contributed by atoms with Crippen molar-refractivity contribution in [3.8, 4) is 5.75 Å². The molecule has 20 heavy (non-hydrogen) atoms. The molecule has 0 bridgehead atoms. The van der Waals surface area contributed by atoms with Gasteiger partial charge in [-0.2, -0.15) is 0 Å². The molecule has 0 heterocycles. The molecule has 6 heteroatoms. The second-order valence-corrected chi connectivity index (χ2v) is 4.52. The van der Waals surface area contributed by atoms with Crippen molar-refractivity contribution in [2.45, 2.75) is 6.92 Å². The van der Waals surface area contributed by atoms with Gasteiger partial charge >= 0.3 is 5.97 Å². The van der Waals surface area contributed by atoms with Crippen LogP contribution in [-0.4, -0.2) is 44.1 Å². The third-order valence-corrected chi connectivity index (χ3v) is 2.85. The predicted molar refractivity (Wildman–Crippen MR) is 75.2 cm³/mol. The van der Waals surface area contributed by atoms with Gasteiger partial charge in [-0.15, -0.1) is 0 Å². The van der Waals surface area contributed by atoms with Gasteiger partial charge in [0, 0.05) is 13.6 Å². The maximum Gasteiger partial charge on any atom is 0.310 e. The smallest absolute Gasteiger partial charge is 0.310 e. The number of esters is 1. The summed E-state index contributed by atoms with van der Waals surface area (Å²) in [4.78, 5) is 24.6. The lowest BCUT2D eigenvalue weighted by Crippen LogP contribution is -2.37. The highest BCUT2D eigenvalue weighted by Gasteiger charge is 2.19. The molecule has 1 unspecified atom stereocenters. The number of rotatable bonds is 6. The van der Waals surface area contributed by atoms with E-state index in [1.807, 2.05) is 0 Å². The minimum Gasteiger partial charge on any atom is -0.482 e. The summed E-state index contributed by atoms with van der Waals surface area (Å²) < 4.78 is 9.97. The summed E-state index contributed by atoms with van der Waals surface area (Å²) >= 11 is 0. The van der Waals surface area contributed by atoms with Crippen LogP contribution in [0.5, 0.6) is 5.75 Å². The highest BCUT2D eigenvalue weighted by molar-refractivity contribution is 5.79. The number of anilines is 1. The normalized spacial score (nSPS) is 11.6. The number of nitrogens with two attached hydrogens (primary N) is 1. The van der Waals surface area contributed by atoms with E-state index < -0.39 is 0 Å². The molecule has 1 aromatic carbocycles. The Hall–Kier alpha value is -2.24. The maximum absolute atomic E-state index is 11.9. The van der Waals surface area contributed by atoms with Crippen molar-refractivity contribution in [1.29, 1.82) is 0 Å². The van der Waals surface area contributed by atoms with Gasteiger partial charge in [-0.3, -0.25) is 9.59 Å². The number of ether oxygens (including phenoxy) is 2. The molecule has 0 radical (unpaired) electrons. The zero-order chi connectivity index (χ0) is 15.1. The zero-order valence-electron chi connectivity index (χ0n) is 12.0. The number of benzene rings is 1. The minimum atomic E-state index is -0.379. The fourth-order valence-electron chi connectivity index (χ4n) is 1.65. The minimum absolute atomic E-state index is 0.126. The Morgan fingerprint density at radius 2 is 2.00 bits per heavy atom. The second kappa shape index (κ2) is 7.37. The molecule has 1 amide bonds. The van der Waals surface area contributed by atoms with Gasteiger partial charge in [0.05, 0.1) is 18.7 Å². The van der Waals surface area contributed by atoms with Crippen LogP contribution in [-0.2, 0) is 14.3 Å². The Balaban J connectivity index is 2.46. The molecular weight excluding hydrogens is 260 g/mol. The van der Waals surface area contributed by atoms with E-state index in [1.165, 1.54) is 12.0 Å². The monoisotopic (exact) mass is 280 g/mol. The summed E-state index contributed by atoms with van der Waals surface area (Å²) in [5.41, 5.74) is 6.19. The summed E-state index contributed by atoms with van der Waals surface area (Å²) in [7, 11) is 2.93. The lowest BCUT2D eigenvalue weighted by Gasteiger charge is -2.20. The first-order chi connectivity index (χ1) is 9.45. The van der Waals surface area contributed by atoms with Crippen molar-refractivity contribution in [3.05, 3.63) is 24.3 Å². The van der Waals surface area contributed by atoms with Gasteiger partial charge in [0.2, 0.25) is 0 Å². The number of carbonyl (C=O) groups excluding carboxylic acids is 2. The number of para-hydroxylation sites is 2. The van der Waals surface area contributed by atoms with E-state index in [-0.39, 0.29) is 30.9 Å². The largest absolute Gasteiger partial charge is 0.482 e. The molecule has 0 fully saturated rings. The molecule has 0 aliphatic carbocycles. The molecule has 0 spiro atoms. The third kappa shape index (κ3) is 4.46. The number of amides is 1. The van der Waals surface area contributed by atoms with Crippen LogP contribution in [0, 0.1) is 5.92 Å². The lowest BCUT2D eigenvalue weighted by molar-refractivity contribution is -0.146. The predicted octanol–water partition coefficient (Wildman–Crippen LogP) is 0.915. The average Bonchev–Trinajstić information content (AvgIpc) is 2.44. The van der Waals surface area contributed by atoms with Crippen LogP contribution in [0.3, 0.4) is 0 Å². The Labute approximate surface area is 118 Å². The van der Waals surface area contributed by atoms with E-state index >= 15 is 0 Å². The van der Waals surface area contributed by atoms with Gasteiger partial charge < -0.3 is 20.1 Å². The van der Waals surface area contributed by atoms with Crippen LogP contribution >= 0.6 is 0 Å². The Kier molecular flexibility index (Phi) is 5.83. The van der Waals surface area contributed by atoms with Gasteiger partial charge in [0.1, 0.15) is 5.75 Å². The number of nitrogen functional groups attached to an aromatic ring is 1. The maximum atomic E-state index is 11.9. The van der Waals surface area contributed by atoms with E-state index in [0.717, 1.165) is 0 Å². The Morgan fingerprint density at radius 3 is 2.60 bits per heavy atom. The first kappa shape index (κ1) is 15.8. The van der Waals surface area contributed by atoms with Gasteiger partial charge in [-0.25, -0.2) is 0 Å². The third-order valence-electron chi connectivity index (χ3n) is 2.85. The fraction of sp³-hybridized carbons (Fsp3) is 0.429. The van der Waals surface area contributed by atoms with Gasteiger partial charge in [0.25, 0.3) is 5.91 Å². The van der Waals surface area contributed by atoms with Gasteiger partial charge in [-0.1, -0.05) is 19.1 Å². The topological polar surface area (TPSA) is 81.9 Å². The van der Waals surface area contributed by atoms with Crippen molar-refractivity contribution >= 4 is 17.6 Å². The molecule has 0 aliphatic rings. The molecule has 0 saturated carbocycles. The van der Waals surface area contributed by atoms with Crippen molar-refractivity contribution < 1.29 is 19.1 Å². The number of nitrogens with zero attached hydrogens (tertiary/aromatic N) is 1. The average molecular weight is 280 g/mol. The molecule has 110 valence electrons. The van der Waals surface area contributed by atoms with Crippen LogP contribution in [0.2, 0.25) is 0 Å². The van der Waals surface area contributed by atoms with Crippen molar-refractivity contribution in [3.63, 3.8) is 0 Å². The summed E-state index contributed by atoms with van der Waals surface area (Å²) in [6, 6.07) is 6.95. The van der Waals surface area contributed by atoms with E-state index in [0.29, 0.717) is 11.4 Å². The Bertz CT molecular complexity index is 476. The van der Waals surface area contributed by atoms with Crippen LogP contribution < -0.4 is 10.5 Å². The molecule has 6 nitrogen and oxygen atoms in total. The molecule has 2 N–H and O–H groups in total. The lowest BCUT2D eigenvalue weighted by atomic mass is 10.2. The van der Waals surface area contributed by atoms with Crippen molar-refractivity contribution in [1.82, 2.24) is 4.90 Å².